The summed E-state index contributed by atoms with van der Waals surface area (Å²) >= 11 is 5.16. The Morgan fingerprint density at radius 1 is 1.44 bits per heavy atom. The Kier molecular flexibility index (Phi) is 4.16. The van der Waals surface area contributed by atoms with E-state index in [1.165, 1.54) is 12.8 Å². The molecule has 0 amide bonds. The molecule has 2 N–H and O–H groups in total. The third-order valence-electron chi connectivity index (χ3n) is 2.60. The van der Waals surface area contributed by atoms with Crippen molar-refractivity contribution in [1.29, 1.82) is 0 Å². The number of hydrogen-bond donors (Lipinski definition) is 2. The van der Waals surface area contributed by atoms with Crippen LogP contribution in [0.1, 0.15) is 25.7 Å². The molecule has 1 aromatic heterocycles. The van der Waals surface area contributed by atoms with Crippen LogP contribution < -0.4 is 10.6 Å². The van der Waals surface area contributed by atoms with Crippen molar-refractivity contribution in [2.45, 2.75) is 38.3 Å². The summed E-state index contributed by atoms with van der Waals surface area (Å²) in [6.07, 6.45) is 10.5. The Hall–Kier alpha value is -1.10. The minimum absolute atomic E-state index is 0.644. The van der Waals surface area contributed by atoms with Crippen molar-refractivity contribution in [2.24, 2.45) is 0 Å². The second kappa shape index (κ2) is 5.84. The van der Waals surface area contributed by atoms with Gasteiger partial charge >= 0.3 is 0 Å². The fourth-order valence-electron chi connectivity index (χ4n) is 1.50. The van der Waals surface area contributed by atoms with Crippen LogP contribution in [0.2, 0.25) is 0 Å². The molecule has 1 aromatic rings. The summed E-state index contributed by atoms with van der Waals surface area (Å²) in [5, 5.41) is 7.30. The van der Waals surface area contributed by atoms with E-state index in [1.807, 2.05) is 18.7 Å². The first-order valence-electron chi connectivity index (χ1n) is 5.85. The van der Waals surface area contributed by atoms with Crippen molar-refractivity contribution in [2.75, 3.05) is 6.54 Å². The summed E-state index contributed by atoms with van der Waals surface area (Å²) in [6, 6.07) is 0.644. The predicted molar refractivity (Wildman–Crippen MR) is 68.2 cm³/mol. The molecule has 0 bridgehead atoms. The van der Waals surface area contributed by atoms with Gasteiger partial charge in [-0.1, -0.05) is 0 Å². The maximum atomic E-state index is 5.16. The number of thiocarbonyl (C=S) groups is 1. The van der Waals surface area contributed by atoms with Gasteiger partial charge in [0, 0.05) is 31.5 Å². The van der Waals surface area contributed by atoms with Crippen LogP contribution >= 0.6 is 12.2 Å². The number of nitrogens with zero attached hydrogens (tertiary/aromatic N) is 2. The Balaban J connectivity index is 1.46. The molecule has 4 nitrogen and oxygen atoms in total. The lowest BCUT2D eigenvalue weighted by molar-refractivity contribution is 0.600. The molecule has 1 saturated carbocycles. The smallest absolute Gasteiger partial charge is 0.166 e. The first-order valence-corrected chi connectivity index (χ1v) is 6.25. The molecule has 0 radical (unpaired) electrons. The summed E-state index contributed by atoms with van der Waals surface area (Å²) < 4.78 is 2.10. The van der Waals surface area contributed by atoms with Gasteiger partial charge in [-0.15, -0.1) is 0 Å². The summed E-state index contributed by atoms with van der Waals surface area (Å²) in [4.78, 5) is 4.01. The fourth-order valence-corrected chi connectivity index (χ4v) is 1.77. The first-order chi connectivity index (χ1) is 7.84. The van der Waals surface area contributed by atoms with E-state index in [2.05, 4.69) is 20.2 Å². The molecule has 0 atom stereocenters. The van der Waals surface area contributed by atoms with Crippen LogP contribution in [0.25, 0.3) is 0 Å². The van der Waals surface area contributed by atoms with Gasteiger partial charge in [-0.25, -0.2) is 4.98 Å². The molecule has 1 fully saturated rings. The lowest BCUT2D eigenvalue weighted by Crippen LogP contribution is -2.37. The molecular weight excluding hydrogens is 220 g/mol. The molecule has 0 aromatic carbocycles. The van der Waals surface area contributed by atoms with Crippen molar-refractivity contribution < 1.29 is 0 Å². The van der Waals surface area contributed by atoms with Gasteiger partial charge in [0.1, 0.15) is 0 Å². The minimum Gasteiger partial charge on any atom is -0.363 e. The first kappa shape index (κ1) is 11.4. The van der Waals surface area contributed by atoms with Gasteiger partial charge < -0.3 is 15.2 Å². The van der Waals surface area contributed by atoms with Crippen LogP contribution in [0.15, 0.2) is 18.7 Å². The Bertz CT molecular complexity index is 319. The van der Waals surface area contributed by atoms with Crippen LogP contribution in [-0.4, -0.2) is 27.3 Å². The highest BCUT2D eigenvalue weighted by Crippen LogP contribution is 2.18. The second-order valence-corrected chi connectivity index (χ2v) is 4.59. The largest absolute Gasteiger partial charge is 0.363 e. The van der Waals surface area contributed by atoms with E-state index in [4.69, 9.17) is 12.2 Å². The normalized spacial score (nSPS) is 14.8. The molecule has 1 aliphatic carbocycles. The second-order valence-electron chi connectivity index (χ2n) is 4.18. The number of hydrogen-bond acceptors (Lipinski definition) is 2. The quantitative estimate of drug-likeness (QED) is 0.579. The van der Waals surface area contributed by atoms with Gasteiger partial charge in [0.15, 0.2) is 5.11 Å². The van der Waals surface area contributed by atoms with Crippen molar-refractivity contribution in [3.8, 4) is 0 Å². The van der Waals surface area contributed by atoms with Gasteiger partial charge in [0.05, 0.1) is 6.33 Å². The van der Waals surface area contributed by atoms with Crippen molar-refractivity contribution in [3.63, 3.8) is 0 Å². The summed E-state index contributed by atoms with van der Waals surface area (Å²) in [5.74, 6) is 0. The van der Waals surface area contributed by atoms with E-state index in [1.54, 1.807) is 0 Å². The van der Waals surface area contributed by atoms with E-state index < -0.39 is 0 Å². The zero-order valence-electron chi connectivity index (χ0n) is 9.35. The highest BCUT2D eigenvalue weighted by atomic mass is 32.1. The monoisotopic (exact) mass is 238 g/mol. The maximum absolute atomic E-state index is 5.16. The average molecular weight is 238 g/mol. The highest BCUT2D eigenvalue weighted by molar-refractivity contribution is 7.80. The molecule has 16 heavy (non-hydrogen) atoms. The Labute approximate surface area is 101 Å². The van der Waals surface area contributed by atoms with Gasteiger partial charge in [0.25, 0.3) is 0 Å². The molecule has 0 aliphatic heterocycles. The Morgan fingerprint density at radius 3 is 3.00 bits per heavy atom. The molecule has 88 valence electrons. The summed E-state index contributed by atoms with van der Waals surface area (Å²) in [7, 11) is 0. The van der Waals surface area contributed by atoms with Gasteiger partial charge in [-0.2, -0.15) is 0 Å². The average Bonchev–Trinajstić information content (AvgIpc) is 2.93. The van der Waals surface area contributed by atoms with Gasteiger partial charge in [0.2, 0.25) is 0 Å². The van der Waals surface area contributed by atoms with E-state index in [0.717, 1.165) is 31.0 Å². The van der Waals surface area contributed by atoms with Crippen LogP contribution in [0.3, 0.4) is 0 Å². The van der Waals surface area contributed by atoms with Crippen LogP contribution in [0.5, 0.6) is 0 Å². The Morgan fingerprint density at radius 2 is 2.31 bits per heavy atom. The third kappa shape index (κ3) is 4.18. The standard InChI is InChI=1S/C11H18N4S/c16-11(14-10-3-4-10)13-5-1-2-7-15-8-6-12-9-15/h6,8-10H,1-5,7H2,(H2,13,14,16). The minimum atomic E-state index is 0.644. The SMILES string of the molecule is S=C(NCCCCn1ccnc1)NC1CC1. The number of rotatable bonds is 6. The topological polar surface area (TPSA) is 41.9 Å². The van der Waals surface area contributed by atoms with Crippen molar-refractivity contribution >= 4 is 17.3 Å². The lowest BCUT2D eigenvalue weighted by atomic mass is 10.3. The van der Waals surface area contributed by atoms with Crippen LogP contribution in [-0.2, 0) is 6.54 Å². The fraction of sp³-hybridized carbons (Fsp3) is 0.636. The zero-order chi connectivity index (χ0) is 11.2. The van der Waals surface area contributed by atoms with Crippen molar-refractivity contribution in [3.05, 3.63) is 18.7 Å². The van der Waals surface area contributed by atoms with Crippen LogP contribution in [0.4, 0.5) is 0 Å². The van der Waals surface area contributed by atoms with E-state index in [-0.39, 0.29) is 0 Å². The number of nitrogens with one attached hydrogen (secondary N) is 2. The van der Waals surface area contributed by atoms with Crippen LogP contribution in [0, 0.1) is 0 Å². The summed E-state index contributed by atoms with van der Waals surface area (Å²) in [6.45, 7) is 1.98. The maximum Gasteiger partial charge on any atom is 0.166 e. The van der Waals surface area contributed by atoms with Crippen molar-refractivity contribution in [1.82, 2.24) is 20.2 Å². The molecule has 0 unspecified atom stereocenters. The molecular formula is C11H18N4S. The summed E-state index contributed by atoms with van der Waals surface area (Å²) in [5.41, 5.74) is 0. The molecule has 5 heteroatoms. The molecule has 1 heterocycles. The van der Waals surface area contributed by atoms with Gasteiger partial charge in [-0.05, 0) is 37.9 Å². The lowest BCUT2D eigenvalue weighted by Gasteiger charge is -2.09. The molecule has 1 aliphatic rings. The van der Waals surface area contributed by atoms with Gasteiger partial charge in [-0.3, -0.25) is 0 Å². The molecule has 0 saturated heterocycles. The highest BCUT2D eigenvalue weighted by Gasteiger charge is 2.21. The van der Waals surface area contributed by atoms with E-state index >= 15 is 0 Å². The third-order valence-corrected chi connectivity index (χ3v) is 2.86. The number of imidazole rings is 1. The number of aryl methyl sites for hydroxylation is 1. The zero-order valence-corrected chi connectivity index (χ0v) is 10.2. The number of aromatic nitrogens is 2. The predicted octanol–water partition coefficient (Wildman–Crippen LogP) is 1.29. The van der Waals surface area contributed by atoms with E-state index in [9.17, 15) is 0 Å². The number of unbranched alkanes of at least 4 members (excludes halogenated alkanes) is 1. The molecule has 2 rings (SSSR count). The van der Waals surface area contributed by atoms with E-state index in [0.29, 0.717) is 6.04 Å². The molecule has 0 spiro atoms.